The summed E-state index contributed by atoms with van der Waals surface area (Å²) < 4.78 is 5.22. The van der Waals surface area contributed by atoms with Crippen molar-refractivity contribution in [3.63, 3.8) is 0 Å². The Morgan fingerprint density at radius 3 is 2.93 bits per heavy atom. The van der Waals surface area contributed by atoms with Crippen molar-refractivity contribution in [2.75, 3.05) is 6.54 Å². The van der Waals surface area contributed by atoms with Crippen molar-refractivity contribution < 1.29 is 9.21 Å². The van der Waals surface area contributed by atoms with E-state index in [4.69, 9.17) is 10.2 Å². The van der Waals surface area contributed by atoms with Crippen LogP contribution in [0.4, 0.5) is 0 Å². The van der Waals surface area contributed by atoms with Crippen LogP contribution in [-0.4, -0.2) is 12.3 Å². The van der Waals surface area contributed by atoms with Crippen LogP contribution in [0.2, 0.25) is 0 Å². The summed E-state index contributed by atoms with van der Waals surface area (Å²) in [5.74, 6) is -0.0365. The molecule has 0 fully saturated rings. The number of aryl methyl sites for hydroxylation is 1. The second-order valence-electron chi connectivity index (χ2n) is 3.20. The van der Waals surface area contributed by atoms with Crippen molar-refractivity contribution in [3.05, 3.63) is 35.6 Å². The lowest BCUT2D eigenvalue weighted by Gasteiger charge is -2.03. The maximum atomic E-state index is 11.4. The van der Waals surface area contributed by atoms with Crippen molar-refractivity contribution in [1.29, 1.82) is 0 Å². The fourth-order valence-corrected chi connectivity index (χ4v) is 1.60. The van der Waals surface area contributed by atoms with Gasteiger partial charge in [-0.25, -0.2) is 0 Å². The minimum absolute atomic E-state index is 0.0365. The van der Waals surface area contributed by atoms with Crippen LogP contribution in [0.3, 0.4) is 0 Å². The first-order valence-corrected chi connectivity index (χ1v) is 4.44. The summed E-state index contributed by atoms with van der Waals surface area (Å²) >= 11 is 0. The lowest BCUT2D eigenvalue weighted by molar-refractivity contribution is 0.100. The number of furan rings is 1. The number of benzene rings is 1. The maximum Gasteiger partial charge on any atom is 0.176 e. The third-order valence-electron chi connectivity index (χ3n) is 2.39. The number of nitrogens with two attached hydrogens (primary N) is 1. The van der Waals surface area contributed by atoms with Crippen LogP contribution in [0, 0.1) is 6.92 Å². The second kappa shape index (κ2) is 3.27. The molecule has 0 aliphatic rings. The van der Waals surface area contributed by atoms with Gasteiger partial charge in [-0.15, -0.1) is 0 Å². The molecule has 0 spiro atoms. The van der Waals surface area contributed by atoms with Crippen LogP contribution in [0.15, 0.2) is 28.9 Å². The van der Waals surface area contributed by atoms with Crippen LogP contribution < -0.4 is 5.73 Å². The first-order valence-electron chi connectivity index (χ1n) is 4.44. The van der Waals surface area contributed by atoms with Crippen LogP contribution in [-0.2, 0) is 0 Å². The second-order valence-corrected chi connectivity index (χ2v) is 3.20. The number of fused-ring (bicyclic) bond motifs is 1. The summed E-state index contributed by atoms with van der Waals surface area (Å²) in [4.78, 5) is 11.4. The summed E-state index contributed by atoms with van der Waals surface area (Å²) in [5, 5.41) is 0.976. The number of Topliss-reactive ketones (excluding diaryl/α,β-unsaturated/α-hetero) is 1. The lowest BCUT2D eigenvalue weighted by atomic mass is 10.0. The zero-order valence-electron chi connectivity index (χ0n) is 7.91. The number of rotatable bonds is 2. The van der Waals surface area contributed by atoms with Crippen molar-refractivity contribution in [2.24, 2.45) is 5.73 Å². The Morgan fingerprint density at radius 2 is 2.21 bits per heavy atom. The van der Waals surface area contributed by atoms with Gasteiger partial charge >= 0.3 is 0 Å². The molecule has 0 aliphatic carbocycles. The highest BCUT2D eigenvalue weighted by Gasteiger charge is 2.10. The van der Waals surface area contributed by atoms with E-state index >= 15 is 0 Å². The molecule has 2 aromatic rings. The van der Waals surface area contributed by atoms with Gasteiger partial charge in [0.2, 0.25) is 0 Å². The van der Waals surface area contributed by atoms with Gasteiger partial charge in [-0.05, 0) is 30.7 Å². The van der Waals surface area contributed by atoms with Crippen LogP contribution >= 0.6 is 0 Å². The van der Waals surface area contributed by atoms with E-state index in [-0.39, 0.29) is 12.3 Å². The molecule has 0 bridgehead atoms. The molecule has 2 rings (SSSR count). The number of ketones is 1. The Labute approximate surface area is 81.5 Å². The molecular formula is C11H11NO2. The molecule has 0 radical (unpaired) electrons. The zero-order chi connectivity index (χ0) is 10.1. The fraction of sp³-hybridized carbons (Fsp3) is 0.182. The van der Waals surface area contributed by atoms with E-state index in [0.29, 0.717) is 5.56 Å². The maximum absolute atomic E-state index is 11.4. The summed E-state index contributed by atoms with van der Waals surface area (Å²) in [6.45, 7) is 1.95. The molecule has 0 atom stereocenters. The quantitative estimate of drug-likeness (QED) is 0.734. The Hall–Kier alpha value is -1.61. The van der Waals surface area contributed by atoms with Crippen molar-refractivity contribution in [3.8, 4) is 0 Å². The first kappa shape index (κ1) is 8.97. The molecule has 0 saturated carbocycles. The Bertz CT molecular complexity index is 485. The molecule has 3 nitrogen and oxygen atoms in total. The standard InChI is InChI=1S/C11H11NO2/c1-7-8(10(13)6-12)2-3-11-9(7)4-5-14-11/h2-5H,6,12H2,1H3. The predicted octanol–water partition coefficient (Wildman–Crippen LogP) is 1.88. The molecule has 14 heavy (non-hydrogen) atoms. The van der Waals surface area contributed by atoms with Gasteiger partial charge in [-0.3, -0.25) is 4.79 Å². The normalized spacial score (nSPS) is 10.7. The van der Waals surface area contributed by atoms with E-state index < -0.39 is 0 Å². The van der Waals surface area contributed by atoms with Gasteiger partial charge in [0, 0.05) is 10.9 Å². The van der Waals surface area contributed by atoms with Gasteiger partial charge in [-0.1, -0.05) is 0 Å². The van der Waals surface area contributed by atoms with Gasteiger partial charge in [0.1, 0.15) is 5.58 Å². The van der Waals surface area contributed by atoms with Gasteiger partial charge < -0.3 is 10.2 Å². The summed E-state index contributed by atoms with van der Waals surface area (Å²) in [6, 6.07) is 5.42. The van der Waals surface area contributed by atoms with Crippen molar-refractivity contribution in [2.45, 2.75) is 6.92 Å². The SMILES string of the molecule is Cc1c(C(=O)CN)ccc2occc12. The number of carbonyl (C=O) groups excluding carboxylic acids is 1. The lowest BCUT2D eigenvalue weighted by Crippen LogP contribution is -2.14. The van der Waals surface area contributed by atoms with Crippen LogP contribution in [0.1, 0.15) is 15.9 Å². The van der Waals surface area contributed by atoms with Crippen LogP contribution in [0.25, 0.3) is 11.0 Å². The first-order chi connectivity index (χ1) is 6.74. The minimum atomic E-state index is -0.0365. The van der Waals surface area contributed by atoms with Gasteiger partial charge in [0.25, 0.3) is 0 Å². The smallest absolute Gasteiger partial charge is 0.176 e. The van der Waals surface area contributed by atoms with Crippen LogP contribution in [0.5, 0.6) is 0 Å². The highest BCUT2D eigenvalue weighted by Crippen LogP contribution is 2.22. The predicted molar refractivity (Wildman–Crippen MR) is 54.3 cm³/mol. The zero-order valence-corrected chi connectivity index (χ0v) is 7.91. The van der Waals surface area contributed by atoms with Gasteiger partial charge in [-0.2, -0.15) is 0 Å². The molecule has 1 aromatic heterocycles. The van der Waals surface area contributed by atoms with E-state index in [1.807, 2.05) is 13.0 Å². The molecular weight excluding hydrogens is 178 g/mol. The average Bonchev–Trinajstić information content (AvgIpc) is 2.66. The third-order valence-corrected chi connectivity index (χ3v) is 2.39. The largest absolute Gasteiger partial charge is 0.464 e. The number of hydrogen-bond acceptors (Lipinski definition) is 3. The Morgan fingerprint density at radius 1 is 1.43 bits per heavy atom. The summed E-state index contributed by atoms with van der Waals surface area (Å²) in [5.41, 5.74) is 7.74. The molecule has 0 saturated heterocycles. The Kier molecular flexibility index (Phi) is 2.09. The van der Waals surface area contributed by atoms with Crippen molar-refractivity contribution >= 4 is 16.8 Å². The number of hydrogen-bond donors (Lipinski definition) is 1. The van der Waals surface area contributed by atoms with Gasteiger partial charge in [0.15, 0.2) is 5.78 Å². The molecule has 0 aliphatic heterocycles. The summed E-state index contributed by atoms with van der Waals surface area (Å²) in [6.07, 6.45) is 1.62. The van der Waals surface area contributed by atoms with E-state index in [1.165, 1.54) is 0 Å². The van der Waals surface area contributed by atoms with E-state index in [0.717, 1.165) is 16.5 Å². The molecule has 1 aromatic carbocycles. The van der Waals surface area contributed by atoms with Crippen molar-refractivity contribution in [1.82, 2.24) is 0 Å². The number of carbonyl (C=O) groups is 1. The molecule has 3 heteroatoms. The minimum Gasteiger partial charge on any atom is -0.464 e. The molecule has 2 N–H and O–H groups in total. The highest BCUT2D eigenvalue weighted by molar-refractivity contribution is 6.02. The third kappa shape index (κ3) is 1.22. The average molecular weight is 189 g/mol. The molecule has 1 heterocycles. The van der Waals surface area contributed by atoms with Gasteiger partial charge in [0.05, 0.1) is 12.8 Å². The van der Waals surface area contributed by atoms with E-state index in [9.17, 15) is 4.79 Å². The fourth-order valence-electron chi connectivity index (χ4n) is 1.60. The Balaban J connectivity index is 2.67. The van der Waals surface area contributed by atoms with E-state index in [1.54, 1.807) is 18.4 Å². The monoisotopic (exact) mass is 189 g/mol. The summed E-state index contributed by atoms with van der Waals surface area (Å²) in [7, 11) is 0. The molecule has 0 amide bonds. The highest BCUT2D eigenvalue weighted by atomic mass is 16.3. The topological polar surface area (TPSA) is 56.2 Å². The molecule has 72 valence electrons. The van der Waals surface area contributed by atoms with E-state index in [2.05, 4.69) is 0 Å². The molecule has 0 unspecified atom stereocenters.